The second-order valence-corrected chi connectivity index (χ2v) is 4.75. The number of rotatable bonds is 9. The molecule has 0 aromatic carbocycles. The summed E-state index contributed by atoms with van der Waals surface area (Å²) in [4.78, 5) is 21.7. The van der Waals surface area contributed by atoms with Gasteiger partial charge in [-0.2, -0.15) is 0 Å². The van der Waals surface area contributed by atoms with Crippen LogP contribution in [0, 0.1) is 5.92 Å². The summed E-state index contributed by atoms with van der Waals surface area (Å²) in [5.74, 6) is -0.118. The van der Waals surface area contributed by atoms with Gasteiger partial charge in [0.1, 0.15) is 0 Å². The Hall–Kier alpha value is -1.30. The van der Waals surface area contributed by atoms with E-state index in [4.69, 9.17) is 9.84 Å². The van der Waals surface area contributed by atoms with Crippen molar-refractivity contribution in [1.29, 1.82) is 0 Å². The molecule has 1 aliphatic rings. The average molecular weight is 258 g/mol. The fourth-order valence-corrected chi connectivity index (χ4v) is 1.46. The molecule has 1 aliphatic carbocycles. The van der Waals surface area contributed by atoms with Gasteiger partial charge in [-0.25, -0.2) is 4.79 Å². The standard InChI is InChI=1S/C12H22N2O4/c1-9(2-5-11(15)16)14-12(17)13-6-7-18-8-10-3-4-10/h9-10H,2-8H2,1H3,(H,15,16)(H2,13,14,17). The van der Waals surface area contributed by atoms with Crippen molar-refractivity contribution in [2.75, 3.05) is 19.8 Å². The first-order valence-corrected chi connectivity index (χ1v) is 6.42. The minimum atomic E-state index is -0.850. The molecule has 6 heteroatoms. The molecule has 0 heterocycles. The number of amides is 2. The molecule has 0 aromatic rings. The molecule has 0 aliphatic heterocycles. The SMILES string of the molecule is CC(CCC(=O)O)NC(=O)NCCOCC1CC1. The number of carboxylic acids is 1. The van der Waals surface area contributed by atoms with E-state index in [1.165, 1.54) is 12.8 Å². The summed E-state index contributed by atoms with van der Waals surface area (Å²) in [6.45, 7) is 3.57. The number of hydrogen-bond acceptors (Lipinski definition) is 3. The van der Waals surface area contributed by atoms with E-state index in [1.807, 2.05) is 0 Å². The van der Waals surface area contributed by atoms with E-state index in [0.29, 0.717) is 19.6 Å². The highest BCUT2D eigenvalue weighted by Gasteiger charge is 2.20. The largest absolute Gasteiger partial charge is 0.481 e. The third-order valence-electron chi connectivity index (χ3n) is 2.75. The topological polar surface area (TPSA) is 87.7 Å². The quantitative estimate of drug-likeness (QED) is 0.538. The minimum Gasteiger partial charge on any atom is -0.481 e. The normalized spacial score (nSPS) is 16.1. The van der Waals surface area contributed by atoms with Crippen molar-refractivity contribution in [2.45, 2.75) is 38.6 Å². The second kappa shape index (κ2) is 7.92. The average Bonchev–Trinajstić information content (AvgIpc) is 3.10. The third-order valence-corrected chi connectivity index (χ3v) is 2.75. The monoisotopic (exact) mass is 258 g/mol. The maximum Gasteiger partial charge on any atom is 0.315 e. The van der Waals surface area contributed by atoms with Crippen LogP contribution in [0.5, 0.6) is 0 Å². The van der Waals surface area contributed by atoms with E-state index in [9.17, 15) is 9.59 Å². The van der Waals surface area contributed by atoms with Gasteiger partial charge in [0, 0.05) is 25.6 Å². The van der Waals surface area contributed by atoms with Gasteiger partial charge < -0.3 is 20.5 Å². The highest BCUT2D eigenvalue weighted by atomic mass is 16.5. The van der Waals surface area contributed by atoms with Gasteiger partial charge in [-0.1, -0.05) is 0 Å². The van der Waals surface area contributed by atoms with Crippen LogP contribution in [0.15, 0.2) is 0 Å². The summed E-state index contributed by atoms with van der Waals surface area (Å²) in [6.07, 6.45) is 3.01. The van der Waals surface area contributed by atoms with Crippen LogP contribution >= 0.6 is 0 Å². The predicted molar refractivity (Wildman–Crippen MR) is 66.4 cm³/mol. The van der Waals surface area contributed by atoms with E-state index in [0.717, 1.165) is 12.5 Å². The van der Waals surface area contributed by atoms with Crippen molar-refractivity contribution < 1.29 is 19.4 Å². The Labute approximate surface area is 107 Å². The van der Waals surface area contributed by atoms with Crippen LogP contribution in [0.2, 0.25) is 0 Å². The van der Waals surface area contributed by atoms with E-state index in [1.54, 1.807) is 6.92 Å². The molecule has 0 bridgehead atoms. The first kappa shape index (κ1) is 14.8. The minimum absolute atomic E-state index is 0.0615. The van der Waals surface area contributed by atoms with Gasteiger partial charge in [0.2, 0.25) is 0 Å². The van der Waals surface area contributed by atoms with Crippen molar-refractivity contribution in [1.82, 2.24) is 10.6 Å². The number of hydrogen-bond donors (Lipinski definition) is 3. The zero-order valence-corrected chi connectivity index (χ0v) is 10.8. The number of carbonyl (C=O) groups excluding carboxylic acids is 1. The Bertz CT molecular complexity index is 279. The third kappa shape index (κ3) is 7.89. The van der Waals surface area contributed by atoms with Gasteiger partial charge in [0.15, 0.2) is 0 Å². The maximum atomic E-state index is 11.4. The molecule has 0 spiro atoms. The Morgan fingerprint density at radius 2 is 2.17 bits per heavy atom. The summed E-state index contributed by atoms with van der Waals surface area (Å²) in [5, 5.41) is 13.9. The van der Waals surface area contributed by atoms with Gasteiger partial charge in [-0.15, -0.1) is 0 Å². The lowest BCUT2D eigenvalue weighted by Gasteiger charge is -2.13. The number of ether oxygens (including phenoxy) is 1. The summed E-state index contributed by atoms with van der Waals surface area (Å²) in [7, 11) is 0. The van der Waals surface area contributed by atoms with Gasteiger partial charge in [-0.3, -0.25) is 4.79 Å². The van der Waals surface area contributed by atoms with Crippen LogP contribution in [0.3, 0.4) is 0 Å². The molecule has 0 aromatic heterocycles. The molecule has 3 N–H and O–H groups in total. The summed E-state index contributed by atoms with van der Waals surface area (Å²) in [6, 6.07) is -0.420. The first-order valence-electron chi connectivity index (χ1n) is 6.42. The molecule has 0 saturated heterocycles. The van der Waals surface area contributed by atoms with Crippen molar-refractivity contribution in [3.8, 4) is 0 Å². The van der Waals surface area contributed by atoms with Crippen molar-refractivity contribution in [2.24, 2.45) is 5.92 Å². The second-order valence-electron chi connectivity index (χ2n) is 4.75. The van der Waals surface area contributed by atoms with E-state index >= 15 is 0 Å². The number of carboxylic acid groups (broad SMARTS) is 1. The summed E-state index contributed by atoms with van der Waals surface area (Å²) in [5.41, 5.74) is 0. The van der Waals surface area contributed by atoms with Gasteiger partial charge >= 0.3 is 12.0 Å². The van der Waals surface area contributed by atoms with Crippen LogP contribution in [0.4, 0.5) is 4.79 Å². The molecule has 1 saturated carbocycles. The van der Waals surface area contributed by atoms with E-state index < -0.39 is 5.97 Å². The molecular formula is C12H22N2O4. The predicted octanol–water partition coefficient (Wildman–Crippen LogP) is 0.965. The Kier molecular flexibility index (Phi) is 6.49. The first-order chi connectivity index (χ1) is 8.58. The molecule has 6 nitrogen and oxygen atoms in total. The fourth-order valence-electron chi connectivity index (χ4n) is 1.46. The van der Waals surface area contributed by atoms with Gasteiger partial charge in [0.25, 0.3) is 0 Å². The van der Waals surface area contributed by atoms with Crippen LogP contribution in [0.1, 0.15) is 32.6 Å². The highest BCUT2D eigenvalue weighted by Crippen LogP contribution is 2.28. The fraction of sp³-hybridized carbons (Fsp3) is 0.833. The lowest BCUT2D eigenvalue weighted by Crippen LogP contribution is -2.42. The number of urea groups is 1. The van der Waals surface area contributed by atoms with Gasteiger partial charge in [-0.05, 0) is 32.1 Å². The molecule has 1 rings (SSSR count). The van der Waals surface area contributed by atoms with Crippen molar-refractivity contribution in [3.05, 3.63) is 0 Å². The van der Waals surface area contributed by atoms with Crippen LogP contribution in [-0.4, -0.2) is 42.9 Å². The molecule has 2 amide bonds. The number of aliphatic carboxylic acids is 1. The van der Waals surface area contributed by atoms with E-state index in [2.05, 4.69) is 10.6 Å². The van der Waals surface area contributed by atoms with Crippen molar-refractivity contribution in [3.63, 3.8) is 0 Å². The highest BCUT2D eigenvalue weighted by molar-refractivity contribution is 5.74. The molecule has 1 unspecified atom stereocenters. The van der Waals surface area contributed by atoms with Crippen molar-refractivity contribution >= 4 is 12.0 Å². The van der Waals surface area contributed by atoms with E-state index in [-0.39, 0.29) is 18.5 Å². The lowest BCUT2D eigenvalue weighted by molar-refractivity contribution is -0.137. The van der Waals surface area contributed by atoms with Crippen LogP contribution < -0.4 is 10.6 Å². The zero-order valence-electron chi connectivity index (χ0n) is 10.8. The molecular weight excluding hydrogens is 236 g/mol. The lowest BCUT2D eigenvalue weighted by atomic mass is 10.2. The van der Waals surface area contributed by atoms with Gasteiger partial charge in [0.05, 0.1) is 6.61 Å². The van der Waals surface area contributed by atoms with Crippen LogP contribution in [0.25, 0.3) is 0 Å². The summed E-state index contributed by atoms with van der Waals surface area (Å²) < 4.78 is 5.37. The molecule has 1 fully saturated rings. The number of nitrogens with one attached hydrogen (secondary N) is 2. The molecule has 104 valence electrons. The molecule has 0 radical (unpaired) electrons. The molecule has 18 heavy (non-hydrogen) atoms. The summed E-state index contributed by atoms with van der Waals surface area (Å²) >= 11 is 0. The maximum absolute atomic E-state index is 11.4. The molecule has 1 atom stereocenters. The Morgan fingerprint density at radius 1 is 1.44 bits per heavy atom. The Morgan fingerprint density at radius 3 is 2.78 bits per heavy atom. The number of carbonyl (C=O) groups is 2. The Balaban J connectivity index is 1.92. The van der Waals surface area contributed by atoms with Crippen LogP contribution in [-0.2, 0) is 9.53 Å². The smallest absolute Gasteiger partial charge is 0.315 e. The zero-order chi connectivity index (χ0) is 13.4.